The summed E-state index contributed by atoms with van der Waals surface area (Å²) in [6, 6.07) is -2.19. The van der Waals surface area contributed by atoms with Crippen LogP contribution >= 0.6 is 23.6 Å². The lowest BCUT2D eigenvalue weighted by atomic mass is 10.0. The fraction of sp³-hybridized carbons (Fsp3) is 0.311. The molecule has 2 heterocycles. The number of phenols is 4. The Balaban J connectivity index is 1.64. The molecule has 76 heavy (non-hydrogen) atoms. The van der Waals surface area contributed by atoms with E-state index < -0.39 is 160 Å². The summed E-state index contributed by atoms with van der Waals surface area (Å²) < 4.78 is 26.9. The number of allylic oxidation sites excluding steroid dienone is 1. The van der Waals surface area contributed by atoms with E-state index in [-0.39, 0.29) is 34.2 Å². The number of thiazole rings is 1. The van der Waals surface area contributed by atoms with Crippen molar-refractivity contribution in [2.24, 2.45) is 5.16 Å². The van der Waals surface area contributed by atoms with Crippen LogP contribution in [0.5, 0.6) is 23.0 Å². The first-order valence-electron chi connectivity index (χ1n) is 21.7. The van der Waals surface area contributed by atoms with E-state index in [4.69, 9.17) is 24.8 Å². The van der Waals surface area contributed by atoms with Crippen LogP contribution in [0, 0.1) is 0 Å². The fourth-order valence-corrected chi connectivity index (χ4v) is 7.65. The fourth-order valence-electron chi connectivity index (χ4n) is 6.33. The molecule has 1 aliphatic rings. The Morgan fingerprint density at radius 2 is 1.54 bits per heavy atom. The van der Waals surface area contributed by atoms with Crippen molar-refractivity contribution in [2.45, 2.75) is 63.5 Å². The number of esters is 2. The molecule has 1 aliphatic heterocycles. The number of nitrogens with one attached hydrogen (secondary N) is 4. The highest BCUT2D eigenvalue weighted by Gasteiger charge is 2.47. The number of nitrogens with zero attached hydrogens (tertiary/aromatic N) is 3. The molecular formula is C45H51N8O21S2+. The van der Waals surface area contributed by atoms with Crippen LogP contribution in [0.1, 0.15) is 53.3 Å². The maximum absolute atomic E-state index is 14.1. The maximum atomic E-state index is 14.1. The normalized spacial score (nSPS) is 15.9. The predicted octanol–water partition coefficient (Wildman–Crippen LogP) is -0.377. The second-order valence-electron chi connectivity index (χ2n) is 16.3. The van der Waals surface area contributed by atoms with Crippen LogP contribution in [0.3, 0.4) is 0 Å². The van der Waals surface area contributed by atoms with Gasteiger partial charge in [-0.3, -0.25) is 34.0 Å². The van der Waals surface area contributed by atoms with Gasteiger partial charge in [0.2, 0.25) is 5.60 Å². The highest BCUT2D eigenvalue weighted by atomic mass is 32.2. The zero-order chi connectivity index (χ0) is 56.9. The average molecular weight is 1100 g/mol. The number of ether oxygens (including phenoxy) is 3. The van der Waals surface area contributed by atoms with Crippen molar-refractivity contribution in [1.29, 1.82) is 0 Å². The van der Waals surface area contributed by atoms with E-state index in [2.05, 4.69) is 33.0 Å². The maximum Gasteiger partial charge on any atom is 0.350 e. The third kappa shape index (κ3) is 14.0. The van der Waals surface area contributed by atoms with Crippen LogP contribution in [-0.2, 0) is 52.6 Å². The van der Waals surface area contributed by atoms with Crippen molar-refractivity contribution in [3.05, 3.63) is 88.4 Å². The molecule has 31 heteroatoms. The number of aromatic nitrogens is 1. The predicted molar refractivity (Wildman–Crippen MR) is 262 cm³/mol. The number of aliphatic carboxylic acids is 1. The summed E-state index contributed by atoms with van der Waals surface area (Å²) in [5.74, 6) is -15.3. The molecule has 5 atom stereocenters. The monoisotopic (exact) mass is 1100 g/mol. The lowest BCUT2D eigenvalue weighted by molar-refractivity contribution is -0.575. The van der Waals surface area contributed by atoms with Crippen molar-refractivity contribution < 1.29 is 107 Å². The molecule has 3 unspecified atom stereocenters. The second kappa shape index (κ2) is 25.8. The van der Waals surface area contributed by atoms with Crippen LogP contribution in [0.4, 0.5) is 5.13 Å². The van der Waals surface area contributed by atoms with E-state index in [9.17, 15) is 83.4 Å². The molecule has 0 saturated carbocycles. The minimum Gasteiger partial charge on any atom is -0.505 e. The van der Waals surface area contributed by atoms with Gasteiger partial charge < -0.3 is 85.4 Å². The zero-order valence-electron chi connectivity index (χ0n) is 40.5. The van der Waals surface area contributed by atoms with Gasteiger partial charge in [-0.25, -0.2) is 14.4 Å². The summed E-state index contributed by atoms with van der Waals surface area (Å²) in [5, 5.41) is 83.7. The molecule has 14 N–H and O–H groups in total. The Kier molecular flexibility index (Phi) is 20.3. The van der Waals surface area contributed by atoms with Crippen molar-refractivity contribution in [3.8, 4) is 28.7 Å². The van der Waals surface area contributed by atoms with E-state index in [1.807, 2.05) is 0 Å². The molecule has 29 nitrogen and oxygen atoms in total. The summed E-state index contributed by atoms with van der Waals surface area (Å²) in [5.41, 5.74) is 1.45. The number of amides is 5. The largest absolute Gasteiger partial charge is 0.505 e. The van der Waals surface area contributed by atoms with Gasteiger partial charge >= 0.3 is 23.0 Å². The number of β-lactam (4-membered cyclic amide) rings is 1. The SMILES string of the molecule is C=C(O)/C(O)=C(\C=C/C)C(=O)NC(C=O)COC(=O)C(COC(=O)C(COC)NC(=O)c1c(-[n+]2cc(/C(=N/OC(C)(C)C(=O)O)C(=O)N[C@@H]3C(=O)N(SO)[C@H]3C)sc2N)ccc(O)c1O)NC(=O)c1cccc(O)c1O. The minimum atomic E-state index is -2.03. The van der Waals surface area contributed by atoms with Crippen LogP contribution in [0.25, 0.3) is 5.69 Å². The van der Waals surface area contributed by atoms with E-state index in [0.717, 1.165) is 72.4 Å². The van der Waals surface area contributed by atoms with Crippen molar-refractivity contribution in [2.75, 3.05) is 32.7 Å². The Hall–Kier alpha value is -8.94. The van der Waals surface area contributed by atoms with Crippen LogP contribution in [0.2, 0.25) is 0 Å². The molecule has 3 aromatic rings. The number of nitrogen functional groups attached to an aromatic ring is 1. The summed E-state index contributed by atoms with van der Waals surface area (Å²) >= 11 is 0.732. The number of carbonyl (C=O) groups is 9. The highest BCUT2D eigenvalue weighted by molar-refractivity contribution is 7.92. The highest BCUT2D eigenvalue weighted by Crippen LogP contribution is 2.34. The summed E-state index contributed by atoms with van der Waals surface area (Å²) in [4.78, 5) is 123. The lowest BCUT2D eigenvalue weighted by Crippen LogP contribution is -2.67. The molecule has 1 aromatic heterocycles. The molecular weight excluding hydrogens is 1050 g/mol. The number of hydrogen-bond donors (Lipinski definition) is 13. The standard InChI is InChI=1S/C45H50N8O21S2/c1-7-9-22(33(58)20(3)55)36(61)47-21(15-54)16-72-42(67)25(48-37(62)23-10-8-11-27(56)34(23)59)18-73-41(66)24(17-71-6)49-38(63)30-26(12-13-28(57)35(30)60)52-14-29(75-44(52)46)32(51-74-45(4,5)43(68)69)39(64)50-31-19(2)53(76-70)40(31)65/h7-15,19,21,24-25,31,46H,3,16-18H2,1-2,4-6H3,(H12,47,48,49,50,51,55,56,57,58,59,60,61,62,63,64,68,69,70)/p+1/b9-7-/t19-,21?,24?,25?,31-/m0/s1. The Morgan fingerprint density at radius 3 is 2.12 bits per heavy atom. The summed E-state index contributed by atoms with van der Waals surface area (Å²) in [6.45, 7) is 5.52. The number of para-hydroxylation sites is 1. The number of rotatable bonds is 25. The van der Waals surface area contributed by atoms with Gasteiger partial charge in [0.1, 0.15) is 66.1 Å². The van der Waals surface area contributed by atoms with Gasteiger partial charge in [-0.2, -0.15) is 4.57 Å². The molecule has 0 spiro atoms. The van der Waals surface area contributed by atoms with Crippen LogP contribution in [0.15, 0.2) is 77.5 Å². The number of aldehydes is 1. The van der Waals surface area contributed by atoms with Gasteiger partial charge in [-0.1, -0.05) is 23.9 Å². The van der Waals surface area contributed by atoms with Gasteiger partial charge in [0.15, 0.2) is 52.3 Å². The topological polar surface area (TPSA) is 446 Å². The van der Waals surface area contributed by atoms with Crippen LogP contribution in [-0.4, -0.2) is 167 Å². The van der Waals surface area contributed by atoms with Gasteiger partial charge in [-0.05, 0) is 69.4 Å². The third-order valence-electron chi connectivity index (χ3n) is 10.5. The van der Waals surface area contributed by atoms with E-state index in [0.29, 0.717) is 11.3 Å². The molecule has 0 aliphatic carbocycles. The van der Waals surface area contributed by atoms with E-state index >= 15 is 0 Å². The number of benzene rings is 2. The van der Waals surface area contributed by atoms with Gasteiger partial charge in [0.05, 0.1) is 23.8 Å². The first-order chi connectivity index (χ1) is 35.7. The van der Waals surface area contributed by atoms with Gasteiger partial charge in [-0.15, -0.1) is 0 Å². The Morgan fingerprint density at radius 1 is 0.921 bits per heavy atom. The number of methoxy groups -OCH3 is 1. The lowest BCUT2D eigenvalue weighted by Gasteiger charge is -2.42. The molecule has 4 rings (SSSR count). The molecule has 1 saturated heterocycles. The number of aliphatic hydroxyl groups is 2. The molecule has 0 bridgehead atoms. The van der Waals surface area contributed by atoms with Crippen LogP contribution < -0.4 is 31.6 Å². The Labute approximate surface area is 437 Å². The molecule has 5 amide bonds. The number of oxime groups is 1. The summed E-state index contributed by atoms with van der Waals surface area (Å²) in [6.07, 6.45) is 3.58. The first kappa shape index (κ1) is 59.6. The number of nitrogens with two attached hydrogens (primary N) is 1. The number of carboxylic acids is 1. The van der Waals surface area contributed by atoms with Gasteiger partial charge in [0.25, 0.3) is 29.5 Å². The van der Waals surface area contributed by atoms with Crippen molar-refractivity contribution >= 4 is 88.1 Å². The number of phenolic OH excluding ortho intramolecular Hbond substituents is 4. The smallest absolute Gasteiger partial charge is 0.350 e. The third-order valence-corrected chi connectivity index (χ3v) is 12.1. The van der Waals surface area contributed by atoms with Gasteiger partial charge in [0, 0.05) is 7.11 Å². The second-order valence-corrected chi connectivity index (χ2v) is 17.9. The Bertz CT molecular complexity index is 2900. The molecule has 1 fully saturated rings. The first-order valence-corrected chi connectivity index (χ1v) is 23.3. The quantitative estimate of drug-likeness (QED) is 0.00418. The number of aliphatic hydroxyl groups excluding tert-OH is 2. The van der Waals surface area contributed by atoms with E-state index in [1.165, 1.54) is 19.9 Å². The van der Waals surface area contributed by atoms with E-state index in [1.54, 1.807) is 0 Å². The van der Waals surface area contributed by atoms with Crippen molar-refractivity contribution in [1.82, 2.24) is 25.6 Å². The summed E-state index contributed by atoms with van der Waals surface area (Å²) in [7, 11) is 1.09. The zero-order valence-corrected chi connectivity index (χ0v) is 42.2. The van der Waals surface area contributed by atoms with Crippen molar-refractivity contribution in [3.63, 3.8) is 0 Å². The number of carbonyl (C=O) groups excluding carboxylic acids is 8. The molecule has 408 valence electrons. The molecule has 2 aromatic carbocycles. The number of aromatic hydroxyl groups is 4. The minimum absolute atomic E-state index is 0.123. The average Bonchev–Trinajstić information content (AvgIpc) is 3.75. The molecule has 0 radical (unpaired) electrons. The number of hydrogen-bond acceptors (Lipinski definition) is 24. The number of anilines is 1. The number of carboxylic acid groups (broad SMARTS) is 1.